The molecule has 6 rings (SSSR count). The molecule has 5 aliphatic carbocycles. The number of ether oxygens (including phenoxy) is 1. The van der Waals surface area contributed by atoms with Crippen molar-refractivity contribution < 1.29 is 19.4 Å². The van der Waals surface area contributed by atoms with Gasteiger partial charge >= 0.3 is 6.09 Å². The summed E-state index contributed by atoms with van der Waals surface area (Å²) in [6, 6.07) is 7.52. The van der Waals surface area contributed by atoms with Crippen molar-refractivity contribution in [2.45, 2.75) is 152 Å². The molecule has 1 aromatic rings. The maximum Gasteiger partial charge on any atom is 0.410 e. The van der Waals surface area contributed by atoms with Crippen LogP contribution in [0.3, 0.4) is 0 Å². The number of fused-ring (bicyclic) bond motifs is 7. The third-order valence-electron chi connectivity index (χ3n) is 15.5. The molecule has 1 N–H and O–H groups in total. The number of allylic oxidation sites excluding steroid dienone is 2. The van der Waals surface area contributed by atoms with Gasteiger partial charge in [-0.05, 0) is 148 Å². The highest BCUT2D eigenvalue weighted by Gasteiger charge is 2.70. The minimum absolute atomic E-state index is 0.0485. The van der Waals surface area contributed by atoms with E-state index in [-0.39, 0.29) is 40.1 Å². The minimum Gasteiger partial charge on any atom is -0.444 e. The molecule has 6 heteroatoms. The number of hydrogen-bond donors (Lipinski definition) is 1. The van der Waals surface area contributed by atoms with Crippen molar-refractivity contribution in [2.24, 2.45) is 50.7 Å². The van der Waals surface area contributed by atoms with Crippen molar-refractivity contribution in [3.63, 3.8) is 0 Å². The number of ketones is 1. The first-order valence-corrected chi connectivity index (χ1v) is 19.7. The number of benzene rings is 1. The summed E-state index contributed by atoms with van der Waals surface area (Å²) < 4.78 is 5.88. The Morgan fingerprint density at radius 1 is 0.898 bits per heavy atom. The Morgan fingerprint density at radius 3 is 2.20 bits per heavy atom. The number of rotatable bonds is 6. The summed E-state index contributed by atoms with van der Waals surface area (Å²) in [7, 11) is 0. The molecule has 0 radical (unpaired) electrons. The highest BCUT2D eigenvalue weighted by atomic mass is 35.5. The van der Waals surface area contributed by atoms with E-state index < -0.39 is 17.1 Å². The second-order valence-electron chi connectivity index (χ2n) is 19.6. The number of Topliss-reactive ketones (excluding diaryl/α,β-unsaturated/α-hetero) is 1. The molecule has 8 unspecified atom stereocenters. The SMILES string of the molecule is CC(C)C1=C2C3CCC4C5(C)CCC(O)C(C)(C)C5CCC4(C)C3(C)CCC2(C(=O)CN(Cc2ccc(Cl)cc2)C(=O)OC(C)(C)C)CC1. The predicted octanol–water partition coefficient (Wildman–Crippen LogP) is 10.8. The van der Waals surface area contributed by atoms with Gasteiger partial charge in [-0.15, -0.1) is 0 Å². The zero-order chi connectivity index (χ0) is 35.9. The molecule has 8 atom stereocenters. The first-order valence-electron chi connectivity index (χ1n) is 19.4. The van der Waals surface area contributed by atoms with Crippen molar-refractivity contribution in [3.8, 4) is 0 Å². The van der Waals surface area contributed by atoms with E-state index in [1.165, 1.54) is 30.4 Å². The first-order chi connectivity index (χ1) is 22.7. The molecule has 0 saturated heterocycles. The second-order valence-corrected chi connectivity index (χ2v) is 20.0. The Morgan fingerprint density at radius 2 is 1.57 bits per heavy atom. The fourth-order valence-corrected chi connectivity index (χ4v) is 12.9. The predicted molar refractivity (Wildman–Crippen MR) is 198 cm³/mol. The van der Waals surface area contributed by atoms with E-state index in [1.807, 2.05) is 45.0 Å². The van der Waals surface area contributed by atoms with Gasteiger partial charge in [0.15, 0.2) is 5.78 Å². The molecule has 1 amide bonds. The topological polar surface area (TPSA) is 66.8 Å². The van der Waals surface area contributed by atoms with Crippen LogP contribution < -0.4 is 0 Å². The quantitative estimate of drug-likeness (QED) is 0.301. The third-order valence-corrected chi connectivity index (χ3v) is 15.7. The van der Waals surface area contributed by atoms with Crippen LogP contribution in [0.15, 0.2) is 35.4 Å². The Labute approximate surface area is 302 Å². The zero-order valence-electron chi connectivity index (χ0n) is 32.2. The fourth-order valence-electron chi connectivity index (χ4n) is 12.7. The smallest absolute Gasteiger partial charge is 0.410 e. The summed E-state index contributed by atoms with van der Waals surface area (Å²) in [5, 5.41) is 11.8. The lowest BCUT2D eigenvalue weighted by molar-refractivity contribution is -0.228. The van der Waals surface area contributed by atoms with Crippen molar-refractivity contribution in [1.29, 1.82) is 0 Å². The number of carbonyl (C=O) groups is 2. The van der Waals surface area contributed by atoms with Crippen molar-refractivity contribution in [2.75, 3.05) is 6.54 Å². The summed E-state index contributed by atoms with van der Waals surface area (Å²) in [6.07, 6.45) is 9.76. The normalized spacial score (nSPS) is 38.3. The lowest BCUT2D eigenvalue weighted by Crippen LogP contribution is -2.66. The van der Waals surface area contributed by atoms with E-state index >= 15 is 4.79 Å². The van der Waals surface area contributed by atoms with Gasteiger partial charge in [0.05, 0.1) is 18.1 Å². The molecule has 0 aromatic heterocycles. The lowest BCUT2D eigenvalue weighted by Gasteiger charge is -2.72. The van der Waals surface area contributed by atoms with Crippen molar-refractivity contribution >= 4 is 23.5 Å². The van der Waals surface area contributed by atoms with Gasteiger partial charge in [0.2, 0.25) is 0 Å². The zero-order valence-corrected chi connectivity index (χ0v) is 32.9. The Balaban J connectivity index is 1.34. The monoisotopic (exact) mass is 693 g/mol. The van der Waals surface area contributed by atoms with E-state index in [1.54, 1.807) is 4.90 Å². The molecule has 0 bridgehead atoms. The summed E-state index contributed by atoms with van der Waals surface area (Å²) in [5.41, 5.74) is 3.13. The van der Waals surface area contributed by atoms with Gasteiger partial charge in [-0.3, -0.25) is 9.69 Å². The van der Waals surface area contributed by atoms with E-state index in [9.17, 15) is 9.90 Å². The molecule has 49 heavy (non-hydrogen) atoms. The van der Waals surface area contributed by atoms with Crippen LogP contribution in [0, 0.1) is 50.7 Å². The van der Waals surface area contributed by atoms with Crippen LogP contribution in [0.25, 0.3) is 0 Å². The van der Waals surface area contributed by atoms with Crippen molar-refractivity contribution in [1.82, 2.24) is 4.90 Å². The summed E-state index contributed by atoms with van der Waals surface area (Å²) in [5.74, 6) is 2.09. The van der Waals surface area contributed by atoms with Gasteiger partial charge in [0.1, 0.15) is 5.60 Å². The number of aliphatic hydroxyl groups excluding tert-OH is 1. The Hall–Kier alpha value is -1.85. The van der Waals surface area contributed by atoms with Crippen LogP contribution >= 0.6 is 11.6 Å². The molecular formula is C43H64ClNO4. The summed E-state index contributed by atoms with van der Waals surface area (Å²) in [4.78, 5) is 30.4. The molecule has 0 spiro atoms. The van der Waals surface area contributed by atoms with Crippen LogP contribution in [-0.2, 0) is 16.1 Å². The largest absolute Gasteiger partial charge is 0.444 e. The van der Waals surface area contributed by atoms with Crippen molar-refractivity contribution in [3.05, 3.63) is 46.0 Å². The first kappa shape index (κ1) is 36.9. The number of hydrogen-bond acceptors (Lipinski definition) is 4. The second kappa shape index (κ2) is 12.4. The molecule has 1 aromatic carbocycles. The van der Waals surface area contributed by atoms with E-state index in [4.69, 9.17) is 16.3 Å². The average Bonchev–Trinajstić information content (AvgIpc) is 3.41. The number of amides is 1. The van der Waals surface area contributed by atoms with Gasteiger partial charge in [-0.2, -0.15) is 0 Å². The standard InChI is InChI=1S/C43H64ClNO4/c1-27(2)30-17-22-43(35(47)26-45(37(48)49-38(3,4)5)25-28-11-13-29(44)14-12-28)24-23-41(9)31(36(30)43)15-16-33-40(8)20-19-34(46)39(6,7)32(40)18-21-42(33,41)10/h11-14,27,31-34,46H,15-26H2,1-10H3. The molecule has 0 aliphatic heterocycles. The van der Waals surface area contributed by atoms with Crippen LogP contribution in [0.5, 0.6) is 0 Å². The Bertz CT molecular complexity index is 1490. The fraction of sp³-hybridized carbons (Fsp3) is 0.767. The maximum absolute atomic E-state index is 15.0. The number of aliphatic hydroxyl groups is 1. The Kier molecular flexibility index (Phi) is 9.33. The maximum atomic E-state index is 15.0. The molecule has 0 heterocycles. The third kappa shape index (κ3) is 5.84. The van der Waals surface area contributed by atoms with E-state index in [2.05, 4.69) is 48.5 Å². The summed E-state index contributed by atoms with van der Waals surface area (Å²) in [6.45, 7) is 23.1. The van der Waals surface area contributed by atoms with Gasteiger partial charge in [0.25, 0.3) is 0 Å². The molecule has 5 nitrogen and oxygen atoms in total. The molecule has 272 valence electrons. The van der Waals surface area contributed by atoms with Gasteiger partial charge < -0.3 is 9.84 Å². The minimum atomic E-state index is -0.665. The van der Waals surface area contributed by atoms with Crippen LogP contribution in [0.4, 0.5) is 4.79 Å². The molecule has 4 saturated carbocycles. The van der Waals surface area contributed by atoms with E-state index in [0.717, 1.165) is 50.5 Å². The van der Waals surface area contributed by atoms with Gasteiger partial charge in [-0.1, -0.05) is 83.3 Å². The van der Waals surface area contributed by atoms with Crippen LogP contribution in [-0.4, -0.2) is 40.1 Å². The average molecular weight is 694 g/mol. The molecule has 4 fully saturated rings. The molecular weight excluding hydrogens is 630 g/mol. The number of carbonyl (C=O) groups excluding carboxylic acids is 2. The lowest BCUT2D eigenvalue weighted by atomic mass is 9.33. The highest BCUT2D eigenvalue weighted by Crippen LogP contribution is 2.77. The number of halogens is 1. The number of nitrogens with zero attached hydrogens (tertiary/aromatic N) is 1. The van der Waals surface area contributed by atoms with Crippen LogP contribution in [0.2, 0.25) is 5.02 Å². The van der Waals surface area contributed by atoms with Crippen LogP contribution in [0.1, 0.15) is 139 Å². The summed E-state index contributed by atoms with van der Waals surface area (Å²) >= 11 is 6.19. The van der Waals surface area contributed by atoms with Gasteiger partial charge in [0, 0.05) is 11.6 Å². The molecule has 5 aliphatic rings. The highest BCUT2D eigenvalue weighted by molar-refractivity contribution is 6.30. The van der Waals surface area contributed by atoms with Gasteiger partial charge in [-0.25, -0.2) is 4.79 Å². The van der Waals surface area contributed by atoms with E-state index in [0.29, 0.717) is 35.2 Å².